The van der Waals surface area contributed by atoms with E-state index in [0.29, 0.717) is 26.0 Å². The van der Waals surface area contributed by atoms with Gasteiger partial charge in [0.1, 0.15) is 12.6 Å². The second kappa shape index (κ2) is 14.6. The van der Waals surface area contributed by atoms with Gasteiger partial charge >= 0.3 is 6.09 Å². The van der Waals surface area contributed by atoms with Gasteiger partial charge in [-0.3, -0.25) is 9.59 Å². The third-order valence-electron chi connectivity index (χ3n) is 8.05. The average molecular weight is 699 g/mol. The lowest BCUT2D eigenvalue weighted by Crippen LogP contribution is -2.51. The van der Waals surface area contributed by atoms with Crippen LogP contribution in [0.15, 0.2) is 88.2 Å². The van der Waals surface area contributed by atoms with Crippen molar-refractivity contribution < 1.29 is 32.3 Å². The van der Waals surface area contributed by atoms with Crippen LogP contribution in [0.3, 0.4) is 0 Å². The van der Waals surface area contributed by atoms with Gasteiger partial charge in [-0.25, -0.2) is 13.2 Å². The number of carbonyl (C=O) groups excluding carboxylic acids is 3. The lowest BCUT2D eigenvalue weighted by molar-refractivity contribution is -0.134. The normalized spacial score (nSPS) is 22.0. The molecule has 0 spiro atoms. The summed E-state index contributed by atoms with van der Waals surface area (Å²) < 4.78 is 39.9. The van der Waals surface area contributed by atoms with E-state index in [1.807, 2.05) is 54.6 Å². The molecule has 1 fully saturated rings. The first-order valence-corrected chi connectivity index (χ1v) is 17.3. The number of nitrogens with one attached hydrogen (secondary N) is 1. The predicted molar refractivity (Wildman–Crippen MR) is 171 cm³/mol. The molecule has 0 saturated carbocycles. The van der Waals surface area contributed by atoms with Crippen LogP contribution in [0.25, 0.3) is 0 Å². The lowest BCUT2D eigenvalue weighted by atomic mass is 10.1. The maximum atomic E-state index is 14.1. The summed E-state index contributed by atoms with van der Waals surface area (Å²) in [4.78, 5) is 43.1. The molecule has 0 aromatic heterocycles. The number of amides is 3. The number of sulfone groups is 1. The van der Waals surface area contributed by atoms with Gasteiger partial charge in [0.15, 0.2) is 9.84 Å². The minimum Gasteiger partial charge on any atom is -0.445 e. The summed E-state index contributed by atoms with van der Waals surface area (Å²) in [6.07, 6.45) is -0.245. The van der Waals surface area contributed by atoms with Crippen molar-refractivity contribution in [2.75, 3.05) is 25.9 Å². The van der Waals surface area contributed by atoms with E-state index >= 15 is 0 Å². The number of hydrogen-bond donors (Lipinski definition) is 1. The summed E-state index contributed by atoms with van der Waals surface area (Å²) in [6.45, 7) is 0.788. The van der Waals surface area contributed by atoms with Gasteiger partial charge in [-0.1, -0.05) is 64.5 Å². The second-order valence-corrected chi connectivity index (χ2v) is 14.3. The Kier molecular flexibility index (Phi) is 10.6. The zero-order chi connectivity index (χ0) is 32.0. The van der Waals surface area contributed by atoms with Crippen LogP contribution >= 0.6 is 15.9 Å². The molecule has 1 saturated heterocycles. The number of alkyl carbamates (subject to hydrolysis) is 1. The smallest absolute Gasteiger partial charge is 0.408 e. The molecule has 2 aliphatic heterocycles. The minimum absolute atomic E-state index is 0.0182. The van der Waals surface area contributed by atoms with Crippen molar-refractivity contribution in [2.45, 2.75) is 55.6 Å². The van der Waals surface area contributed by atoms with Crippen LogP contribution < -0.4 is 5.32 Å². The number of rotatable bonds is 6. The standard InChI is InChI=1S/C33H36BrN3O7S/c1-36-16-6-11-30(35-33(40)44-21-23-7-3-2-4-8-23)32(39)37-19-28(43-20-24-12-14-26(34)15-13-24)18-27(37)22-45(41,42)29-10-5-9-25(17-29)31(36)38/h2-5,7-10,12-15,17,27-28,30H,6,11,16,18-22H2,1H3,(H,35,40)/t27-,28-,30-/m0/s1. The van der Waals surface area contributed by atoms with E-state index < -0.39 is 40.0 Å². The summed E-state index contributed by atoms with van der Waals surface area (Å²) in [5.41, 5.74) is 2.01. The molecule has 2 aliphatic rings. The van der Waals surface area contributed by atoms with Gasteiger partial charge < -0.3 is 24.6 Å². The van der Waals surface area contributed by atoms with Crippen LogP contribution in [0.2, 0.25) is 0 Å². The van der Waals surface area contributed by atoms with E-state index in [0.717, 1.165) is 15.6 Å². The van der Waals surface area contributed by atoms with Crippen molar-refractivity contribution in [3.63, 3.8) is 0 Å². The zero-order valence-electron chi connectivity index (χ0n) is 24.9. The summed E-state index contributed by atoms with van der Waals surface area (Å²) in [7, 11) is -2.28. The number of ether oxygens (including phenoxy) is 2. The highest BCUT2D eigenvalue weighted by atomic mass is 79.9. The van der Waals surface area contributed by atoms with Crippen molar-refractivity contribution in [3.8, 4) is 0 Å². The van der Waals surface area contributed by atoms with Crippen molar-refractivity contribution in [1.29, 1.82) is 0 Å². The molecule has 0 radical (unpaired) electrons. The predicted octanol–water partition coefficient (Wildman–Crippen LogP) is 4.57. The van der Waals surface area contributed by atoms with Crippen LogP contribution in [0.4, 0.5) is 4.79 Å². The van der Waals surface area contributed by atoms with Crippen LogP contribution in [-0.4, -0.2) is 80.2 Å². The van der Waals surface area contributed by atoms with Gasteiger partial charge in [0.2, 0.25) is 5.91 Å². The maximum Gasteiger partial charge on any atom is 0.408 e. The molecule has 10 nitrogen and oxygen atoms in total. The van der Waals surface area contributed by atoms with Gasteiger partial charge in [-0.05, 0) is 60.7 Å². The Bertz CT molecular complexity index is 1620. The highest BCUT2D eigenvalue weighted by molar-refractivity contribution is 9.10. The van der Waals surface area contributed by atoms with Crippen LogP contribution in [0.1, 0.15) is 40.7 Å². The molecule has 0 unspecified atom stereocenters. The molecule has 0 aliphatic carbocycles. The first-order chi connectivity index (χ1) is 21.6. The van der Waals surface area contributed by atoms with Gasteiger partial charge in [-0.2, -0.15) is 0 Å². The molecule has 3 atom stereocenters. The first-order valence-electron chi connectivity index (χ1n) is 14.8. The topological polar surface area (TPSA) is 122 Å². The fourth-order valence-corrected chi connectivity index (χ4v) is 7.48. The Morgan fingerprint density at radius 3 is 2.47 bits per heavy atom. The summed E-state index contributed by atoms with van der Waals surface area (Å²) in [5.74, 6) is -1.09. The lowest BCUT2D eigenvalue weighted by Gasteiger charge is -2.30. The molecular weight excluding hydrogens is 662 g/mol. The van der Waals surface area contributed by atoms with E-state index in [1.54, 1.807) is 19.2 Å². The molecular formula is C33H36BrN3O7S. The van der Waals surface area contributed by atoms with Crippen molar-refractivity contribution in [1.82, 2.24) is 15.1 Å². The highest BCUT2D eigenvalue weighted by Gasteiger charge is 2.41. The van der Waals surface area contributed by atoms with Gasteiger partial charge in [0.25, 0.3) is 5.91 Å². The molecule has 2 bridgehead atoms. The number of halogens is 1. The fourth-order valence-electron chi connectivity index (χ4n) is 5.61. The molecule has 3 aromatic carbocycles. The Labute approximate surface area is 271 Å². The number of benzene rings is 3. The van der Waals surface area contributed by atoms with E-state index in [-0.39, 0.29) is 41.7 Å². The second-order valence-electron chi connectivity index (χ2n) is 11.4. The summed E-state index contributed by atoms with van der Waals surface area (Å²) in [5, 5.41) is 2.71. The van der Waals surface area contributed by atoms with Gasteiger partial charge in [0, 0.05) is 36.2 Å². The quantitative estimate of drug-likeness (QED) is 0.401. The maximum absolute atomic E-state index is 14.1. The summed E-state index contributed by atoms with van der Waals surface area (Å²) >= 11 is 3.42. The van der Waals surface area contributed by atoms with Gasteiger partial charge in [-0.15, -0.1) is 0 Å². The Morgan fingerprint density at radius 2 is 1.71 bits per heavy atom. The number of fused-ring (bicyclic) bond motifs is 3. The van der Waals surface area contributed by atoms with Crippen LogP contribution in [-0.2, 0) is 37.3 Å². The summed E-state index contributed by atoms with van der Waals surface area (Å²) in [6, 6.07) is 21.2. The molecule has 238 valence electrons. The third-order valence-corrected chi connectivity index (χ3v) is 10.4. The molecule has 2 heterocycles. The Morgan fingerprint density at radius 1 is 0.978 bits per heavy atom. The first kappa shape index (κ1) is 32.6. The highest BCUT2D eigenvalue weighted by Crippen LogP contribution is 2.27. The average Bonchev–Trinajstić information content (AvgIpc) is 3.44. The zero-order valence-corrected chi connectivity index (χ0v) is 27.3. The van der Waals surface area contributed by atoms with Gasteiger partial charge in [0.05, 0.1) is 23.4 Å². The monoisotopic (exact) mass is 697 g/mol. The number of nitrogens with zero attached hydrogens (tertiary/aromatic N) is 2. The molecule has 12 heteroatoms. The Balaban J connectivity index is 1.39. The molecule has 45 heavy (non-hydrogen) atoms. The van der Waals surface area contributed by atoms with Crippen molar-refractivity contribution in [3.05, 3.63) is 100 Å². The number of carbonyl (C=O) groups is 3. The molecule has 1 N–H and O–H groups in total. The molecule has 3 aromatic rings. The van der Waals surface area contributed by atoms with E-state index in [1.165, 1.54) is 21.9 Å². The molecule has 3 amide bonds. The van der Waals surface area contributed by atoms with Crippen molar-refractivity contribution >= 4 is 43.7 Å². The van der Waals surface area contributed by atoms with E-state index in [4.69, 9.17) is 9.47 Å². The minimum atomic E-state index is -3.90. The largest absolute Gasteiger partial charge is 0.445 e. The van der Waals surface area contributed by atoms with E-state index in [9.17, 15) is 22.8 Å². The fraction of sp³-hybridized carbons (Fsp3) is 0.364. The van der Waals surface area contributed by atoms with Crippen LogP contribution in [0.5, 0.6) is 0 Å². The molecule has 5 rings (SSSR count). The Hall–Kier alpha value is -3.74. The third kappa shape index (κ3) is 8.50. The van der Waals surface area contributed by atoms with Crippen molar-refractivity contribution in [2.24, 2.45) is 0 Å². The van der Waals surface area contributed by atoms with Crippen LogP contribution in [0, 0.1) is 0 Å². The number of hydrogen-bond acceptors (Lipinski definition) is 7. The van der Waals surface area contributed by atoms with E-state index in [2.05, 4.69) is 21.2 Å². The SMILES string of the molecule is CN1CCC[C@H](NC(=O)OCc2ccccc2)C(=O)N2C[C@@H](OCc3ccc(Br)cc3)C[C@H]2CS(=O)(=O)c2cccc(c2)C1=O.